The largest absolute Gasteiger partial charge is 0.444 e. The summed E-state index contributed by atoms with van der Waals surface area (Å²) in [5.74, 6) is -2.13. The number of rotatable bonds is 6. The molecule has 2 heterocycles. The Balaban J connectivity index is 1.41. The number of hydrogen-bond donors (Lipinski definition) is 1. The van der Waals surface area contributed by atoms with Gasteiger partial charge < -0.3 is 15.0 Å². The molecule has 6 nitrogen and oxygen atoms in total. The van der Waals surface area contributed by atoms with Crippen molar-refractivity contribution in [3.05, 3.63) is 81.1 Å². The molecule has 1 aromatic heterocycles. The molecule has 0 spiro atoms. The van der Waals surface area contributed by atoms with Gasteiger partial charge in [0.15, 0.2) is 0 Å². The number of ether oxygens (including phenoxy) is 1. The molecular weight excluding hydrogens is 576 g/mol. The average molecular weight is 607 g/mol. The van der Waals surface area contributed by atoms with Crippen molar-refractivity contribution in [3.8, 4) is 10.4 Å². The topological polar surface area (TPSA) is 61.9 Å². The number of hydrogen-bond acceptors (Lipinski definition) is 5. The Hall–Kier alpha value is -2.82. The number of alkyl carbamates (subject to hydrolysis) is 1. The van der Waals surface area contributed by atoms with Crippen molar-refractivity contribution >= 4 is 39.3 Å². The summed E-state index contributed by atoms with van der Waals surface area (Å²) in [5.41, 5.74) is 0.245. The van der Waals surface area contributed by atoms with Crippen molar-refractivity contribution in [2.45, 2.75) is 39.0 Å². The van der Waals surface area contributed by atoms with E-state index < -0.39 is 35.3 Å². The predicted octanol–water partition coefficient (Wildman–Crippen LogP) is 6.37. The first-order valence-electron chi connectivity index (χ1n) is 12.3. The van der Waals surface area contributed by atoms with Crippen LogP contribution in [0.1, 0.15) is 37.3 Å². The van der Waals surface area contributed by atoms with Gasteiger partial charge in [0.05, 0.1) is 0 Å². The zero-order chi connectivity index (χ0) is 27.4. The van der Waals surface area contributed by atoms with E-state index in [2.05, 4.69) is 50.4 Å². The number of piperazine rings is 1. The lowest BCUT2D eigenvalue weighted by molar-refractivity contribution is -0.135. The highest BCUT2D eigenvalue weighted by Gasteiger charge is 2.33. The summed E-state index contributed by atoms with van der Waals surface area (Å²) < 4.78 is 34.5. The summed E-state index contributed by atoms with van der Waals surface area (Å²) in [4.78, 5) is 32.2. The van der Waals surface area contributed by atoms with Crippen LogP contribution in [0, 0.1) is 11.6 Å². The van der Waals surface area contributed by atoms with E-state index in [0.29, 0.717) is 32.2 Å². The fraction of sp³-hybridized carbons (Fsp3) is 0.357. The van der Waals surface area contributed by atoms with Crippen LogP contribution in [-0.2, 0) is 16.1 Å². The van der Waals surface area contributed by atoms with Crippen LogP contribution >= 0.6 is 27.3 Å². The smallest absolute Gasteiger partial charge is 0.408 e. The molecule has 0 bridgehead atoms. The predicted molar refractivity (Wildman–Crippen MR) is 148 cm³/mol. The summed E-state index contributed by atoms with van der Waals surface area (Å²) >= 11 is 5.25. The van der Waals surface area contributed by atoms with Crippen LogP contribution in [0.3, 0.4) is 0 Å². The van der Waals surface area contributed by atoms with Crippen molar-refractivity contribution in [1.82, 2.24) is 15.1 Å². The first-order chi connectivity index (χ1) is 18.0. The summed E-state index contributed by atoms with van der Waals surface area (Å²) in [6, 6.07) is 14.0. The second-order valence-corrected chi connectivity index (χ2v) is 12.2. The SMILES string of the molecule is CC(C)(C)OC(=O)NC(C(=O)N1CCN(Cc2ccc(-c3cccc(Br)c3)s2)CC1)c1ccc(F)cc1F. The van der Waals surface area contributed by atoms with Crippen molar-refractivity contribution in [2.75, 3.05) is 26.2 Å². The van der Waals surface area contributed by atoms with Gasteiger partial charge in [0.2, 0.25) is 5.91 Å². The molecule has 1 N–H and O–H groups in total. The molecule has 202 valence electrons. The Morgan fingerprint density at radius 2 is 1.79 bits per heavy atom. The van der Waals surface area contributed by atoms with E-state index >= 15 is 0 Å². The van der Waals surface area contributed by atoms with Crippen LogP contribution in [0.5, 0.6) is 0 Å². The Labute approximate surface area is 233 Å². The highest BCUT2D eigenvalue weighted by Crippen LogP contribution is 2.31. The number of benzene rings is 2. The lowest BCUT2D eigenvalue weighted by Gasteiger charge is -2.36. The maximum atomic E-state index is 14.7. The van der Waals surface area contributed by atoms with E-state index in [0.717, 1.165) is 22.6 Å². The molecule has 1 aliphatic heterocycles. The van der Waals surface area contributed by atoms with Crippen LogP contribution < -0.4 is 5.32 Å². The normalized spacial score (nSPS) is 15.3. The Kier molecular flexibility index (Phi) is 8.85. The lowest BCUT2D eigenvalue weighted by Crippen LogP contribution is -2.52. The van der Waals surface area contributed by atoms with Gasteiger partial charge in [0.25, 0.3) is 0 Å². The van der Waals surface area contributed by atoms with Gasteiger partial charge in [-0.05, 0) is 56.7 Å². The molecule has 3 aromatic rings. The third-order valence-corrected chi connectivity index (χ3v) is 7.63. The summed E-state index contributed by atoms with van der Waals surface area (Å²) in [6.07, 6.45) is -0.850. The fourth-order valence-electron chi connectivity index (χ4n) is 4.22. The number of halogens is 3. The molecule has 1 fully saturated rings. The number of carbonyl (C=O) groups is 2. The third kappa shape index (κ3) is 7.39. The summed E-state index contributed by atoms with van der Waals surface area (Å²) in [6.45, 7) is 7.91. The molecule has 0 aliphatic carbocycles. The van der Waals surface area contributed by atoms with Crippen molar-refractivity contribution < 1.29 is 23.1 Å². The number of nitrogens with one attached hydrogen (secondary N) is 1. The van der Waals surface area contributed by atoms with Gasteiger partial charge in [-0.25, -0.2) is 13.6 Å². The summed E-state index contributed by atoms with van der Waals surface area (Å²) in [5, 5.41) is 2.49. The monoisotopic (exact) mass is 605 g/mol. The first-order valence-corrected chi connectivity index (χ1v) is 13.9. The molecule has 4 rings (SSSR count). The molecule has 0 radical (unpaired) electrons. The van der Waals surface area contributed by atoms with E-state index in [-0.39, 0.29) is 5.56 Å². The molecule has 1 atom stereocenters. The van der Waals surface area contributed by atoms with Crippen LogP contribution in [-0.4, -0.2) is 53.6 Å². The second-order valence-electron chi connectivity index (χ2n) is 10.1. The van der Waals surface area contributed by atoms with Gasteiger partial charge in [-0.3, -0.25) is 9.69 Å². The highest BCUT2D eigenvalue weighted by atomic mass is 79.9. The second kappa shape index (κ2) is 11.9. The van der Waals surface area contributed by atoms with Gasteiger partial charge in [-0.1, -0.05) is 34.1 Å². The minimum Gasteiger partial charge on any atom is -0.444 e. The summed E-state index contributed by atoms with van der Waals surface area (Å²) in [7, 11) is 0. The van der Waals surface area contributed by atoms with E-state index in [1.165, 1.54) is 15.8 Å². The molecule has 38 heavy (non-hydrogen) atoms. The molecule has 1 aliphatic rings. The molecule has 10 heteroatoms. The van der Waals surface area contributed by atoms with Gasteiger partial charge in [0, 0.05) is 58.6 Å². The molecule has 2 amide bonds. The van der Waals surface area contributed by atoms with Gasteiger partial charge >= 0.3 is 6.09 Å². The number of nitrogens with zero attached hydrogens (tertiary/aromatic N) is 2. The molecular formula is C28H30BrF2N3O3S. The fourth-order valence-corrected chi connectivity index (χ4v) is 5.67. The van der Waals surface area contributed by atoms with Gasteiger partial charge in [-0.2, -0.15) is 0 Å². The lowest BCUT2D eigenvalue weighted by atomic mass is 10.0. The Morgan fingerprint density at radius 3 is 2.45 bits per heavy atom. The number of thiophene rings is 1. The van der Waals surface area contributed by atoms with Gasteiger partial charge in [0.1, 0.15) is 23.3 Å². The molecule has 2 aromatic carbocycles. The van der Waals surface area contributed by atoms with Crippen molar-refractivity contribution in [1.29, 1.82) is 0 Å². The van der Waals surface area contributed by atoms with Crippen LogP contribution in [0.4, 0.5) is 13.6 Å². The van der Waals surface area contributed by atoms with Crippen molar-refractivity contribution in [2.24, 2.45) is 0 Å². The minimum absolute atomic E-state index is 0.108. The number of carbonyl (C=O) groups excluding carboxylic acids is 2. The third-order valence-electron chi connectivity index (χ3n) is 6.02. The first kappa shape index (κ1) is 28.2. The van der Waals surface area contributed by atoms with Gasteiger partial charge in [-0.15, -0.1) is 11.3 Å². The highest BCUT2D eigenvalue weighted by molar-refractivity contribution is 9.10. The maximum absolute atomic E-state index is 14.7. The molecule has 1 saturated heterocycles. The minimum atomic E-state index is -1.33. The van der Waals surface area contributed by atoms with Crippen molar-refractivity contribution in [3.63, 3.8) is 0 Å². The average Bonchev–Trinajstić information content (AvgIpc) is 3.30. The maximum Gasteiger partial charge on any atom is 0.408 e. The molecule has 0 saturated carbocycles. The number of amides is 2. The Morgan fingerprint density at radius 1 is 1.05 bits per heavy atom. The molecule has 1 unspecified atom stereocenters. The van der Waals surface area contributed by atoms with Crippen LogP contribution in [0.15, 0.2) is 59.1 Å². The zero-order valence-electron chi connectivity index (χ0n) is 21.5. The van der Waals surface area contributed by atoms with Crippen LogP contribution in [0.25, 0.3) is 10.4 Å². The zero-order valence-corrected chi connectivity index (χ0v) is 23.9. The van der Waals surface area contributed by atoms with E-state index in [9.17, 15) is 18.4 Å². The standard InChI is InChI=1S/C28H30BrF2N3O3S/c1-28(2,3)37-27(36)32-25(22-9-7-20(30)16-23(22)31)26(35)34-13-11-33(12-14-34)17-21-8-10-24(38-21)18-5-4-6-19(29)15-18/h4-10,15-16,25H,11-14,17H2,1-3H3,(H,32,36). The van der Waals surface area contributed by atoms with E-state index in [4.69, 9.17) is 4.74 Å². The quantitative estimate of drug-likeness (QED) is 0.355. The Bertz CT molecular complexity index is 1300. The van der Waals surface area contributed by atoms with Crippen LogP contribution in [0.2, 0.25) is 0 Å². The van der Waals surface area contributed by atoms with E-state index in [1.807, 2.05) is 12.1 Å². The van der Waals surface area contributed by atoms with E-state index in [1.54, 1.807) is 37.0 Å².